The highest BCUT2D eigenvalue weighted by molar-refractivity contribution is 6.07. The summed E-state index contributed by atoms with van der Waals surface area (Å²) in [6, 6.07) is 2.78. The van der Waals surface area contributed by atoms with Crippen molar-refractivity contribution in [2.75, 3.05) is 34.3 Å². The molecular formula is C18H23FN4O4. The summed E-state index contributed by atoms with van der Waals surface area (Å²) in [5.41, 5.74) is -0.611. The van der Waals surface area contributed by atoms with E-state index >= 15 is 0 Å². The van der Waals surface area contributed by atoms with Crippen LogP contribution in [0.4, 0.5) is 4.39 Å². The first-order valence-corrected chi connectivity index (χ1v) is 8.66. The molecule has 0 radical (unpaired) electrons. The van der Waals surface area contributed by atoms with Gasteiger partial charge in [0.25, 0.3) is 5.91 Å². The Morgan fingerprint density at radius 1 is 1.41 bits per heavy atom. The van der Waals surface area contributed by atoms with Gasteiger partial charge in [-0.05, 0) is 31.0 Å². The van der Waals surface area contributed by atoms with Gasteiger partial charge in [-0.15, -0.1) is 0 Å². The zero-order valence-corrected chi connectivity index (χ0v) is 15.5. The van der Waals surface area contributed by atoms with Crippen LogP contribution < -0.4 is 10.1 Å². The van der Waals surface area contributed by atoms with Crippen molar-refractivity contribution in [3.8, 4) is 5.75 Å². The van der Waals surface area contributed by atoms with Crippen LogP contribution in [0.3, 0.4) is 0 Å². The van der Waals surface area contributed by atoms with E-state index in [-0.39, 0.29) is 11.5 Å². The van der Waals surface area contributed by atoms with E-state index in [1.54, 1.807) is 23.9 Å². The molecule has 2 aliphatic heterocycles. The molecule has 1 aromatic carbocycles. The van der Waals surface area contributed by atoms with E-state index in [1.807, 2.05) is 0 Å². The topological polar surface area (TPSA) is 94.5 Å². The normalized spacial score (nSPS) is 20.1. The second kappa shape index (κ2) is 7.15. The molecule has 1 atom stereocenters. The fraction of sp³-hybridized carbons (Fsp3) is 0.500. The third-order valence-corrected chi connectivity index (χ3v) is 5.10. The number of ether oxygens (including phenoxy) is 1. The molecule has 1 fully saturated rings. The standard InChI is InChI=1S/C18H23FN4O4/c1-22(2)17-20-16(26)18(21-17)6-8-23(9-7-18)14(15(24)25)12-10-11(19)4-5-13(12)27-3/h4-5,10,14H,6-9H2,1-3H3,(H,24,25)(H,20,21,26). The molecule has 2 heterocycles. The van der Waals surface area contributed by atoms with E-state index < -0.39 is 23.4 Å². The van der Waals surface area contributed by atoms with Crippen LogP contribution in [-0.2, 0) is 9.59 Å². The number of piperidine rings is 1. The summed E-state index contributed by atoms with van der Waals surface area (Å²) >= 11 is 0. The average Bonchev–Trinajstić information content (AvgIpc) is 2.94. The first kappa shape index (κ1) is 19.1. The van der Waals surface area contributed by atoms with Crippen molar-refractivity contribution >= 4 is 17.8 Å². The number of aliphatic imine (C=N–C) groups is 1. The van der Waals surface area contributed by atoms with Crippen molar-refractivity contribution in [1.29, 1.82) is 0 Å². The maximum absolute atomic E-state index is 13.7. The molecule has 0 saturated carbocycles. The van der Waals surface area contributed by atoms with Crippen molar-refractivity contribution in [2.45, 2.75) is 24.4 Å². The van der Waals surface area contributed by atoms with Crippen LogP contribution in [0.1, 0.15) is 24.4 Å². The number of rotatable bonds is 4. The fourth-order valence-electron chi connectivity index (χ4n) is 3.61. The van der Waals surface area contributed by atoms with Gasteiger partial charge >= 0.3 is 5.97 Å². The second-order valence-electron chi connectivity index (χ2n) is 6.98. The molecule has 1 saturated heterocycles. The number of nitrogens with zero attached hydrogens (tertiary/aromatic N) is 3. The van der Waals surface area contributed by atoms with Gasteiger partial charge in [-0.2, -0.15) is 0 Å². The maximum atomic E-state index is 13.7. The molecule has 0 bridgehead atoms. The average molecular weight is 378 g/mol. The number of carbonyl (C=O) groups is 2. The van der Waals surface area contributed by atoms with Crippen molar-refractivity contribution in [2.24, 2.45) is 4.99 Å². The third kappa shape index (κ3) is 3.46. The minimum atomic E-state index is -1.09. The quantitative estimate of drug-likeness (QED) is 0.806. The summed E-state index contributed by atoms with van der Waals surface area (Å²) in [6.45, 7) is 0.683. The molecule has 9 heteroatoms. The van der Waals surface area contributed by atoms with Gasteiger partial charge in [0.05, 0.1) is 7.11 Å². The zero-order valence-electron chi connectivity index (χ0n) is 15.5. The SMILES string of the molecule is COc1ccc(F)cc1C(C(=O)O)N1CCC2(CC1)N=C(N(C)C)NC2=O. The van der Waals surface area contributed by atoms with Crippen molar-refractivity contribution in [3.05, 3.63) is 29.6 Å². The molecule has 1 amide bonds. The maximum Gasteiger partial charge on any atom is 0.325 e. The van der Waals surface area contributed by atoms with E-state index in [4.69, 9.17) is 4.74 Å². The largest absolute Gasteiger partial charge is 0.496 e. The van der Waals surface area contributed by atoms with Gasteiger partial charge in [-0.1, -0.05) is 0 Å². The number of carboxylic acids is 1. The minimum Gasteiger partial charge on any atom is -0.496 e. The predicted molar refractivity (Wildman–Crippen MR) is 96.1 cm³/mol. The van der Waals surface area contributed by atoms with Crippen LogP contribution in [0.25, 0.3) is 0 Å². The number of benzene rings is 1. The number of hydrogen-bond donors (Lipinski definition) is 2. The van der Waals surface area contributed by atoms with Crippen molar-refractivity contribution in [1.82, 2.24) is 15.1 Å². The lowest BCUT2D eigenvalue weighted by atomic mass is 9.86. The molecule has 3 rings (SSSR count). The highest BCUT2D eigenvalue weighted by atomic mass is 19.1. The summed E-state index contributed by atoms with van der Waals surface area (Å²) in [5.74, 6) is -0.962. The molecule has 8 nitrogen and oxygen atoms in total. The Bertz CT molecular complexity index is 788. The number of nitrogens with one attached hydrogen (secondary N) is 1. The molecule has 2 aliphatic rings. The monoisotopic (exact) mass is 378 g/mol. The number of aliphatic carboxylic acids is 1. The highest BCUT2D eigenvalue weighted by Crippen LogP contribution is 2.36. The van der Waals surface area contributed by atoms with Crippen LogP contribution >= 0.6 is 0 Å². The highest BCUT2D eigenvalue weighted by Gasteiger charge is 2.48. The summed E-state index contributed by atoms with van der Waals surface area (Å²) < 4.78 is 19.0. The first-order valence-electron chi connectivity index (χ1n) is 8.66. The molecule has 146 valence electrons. The van der Waals surface area contributed by atoms with Crippen LogP contribution in [-0.4, -0.2) is 72.6 Å². The van der Waals surface area contributed by atoms with Gasteiger partial charge in [0.15, 0.2) is 0 Å². The van der Waals surface area contributed by atoms with E-state index in [0.717, 1.165) is 0 Å². The van der Waals surface area contributed by atoms with Gasteiger partial charge < -0.3 is 14.7 Å². The van der Waals surface area contributed by atoms with Gasteiger partial charge in [0.2, 0.25) is 5.96 Å². The summed E-state index contributed by atoms with van der Waals surface area (Å²) in [4.78, 5) is 32.4. The van der Waals surface area contributed by atoms with Crippen LogP contribution in [0.15, 0.2) is 23.2 Å². The van der Waals surface area contributed by atoms with Gasteiger partial charge in [0, 0.05) is 32.7 Å². The number of likely N-dealkylation sites (tertiary alicyclic amines) is 1. The molecule has 2 N–H and O–H groups in total. The summed E-state index contributed by atoms with van der Waals surface area (Å²) in [6.07, 6.45) is 0.773. The Labute approximate surface area is 156 Å². The van der Waals surface area contributed by atoms with Gasteiger partial charge in [0.1, 0.15) is 23.1 Å². The lowest BCUT2D eigenvalue weighted by Gasteiger charge is -2.38. The second-order valence-corrected chi connectivity index (χ2v) is 6.98. The molecular weight excluding hydrogens is 355 g/mol. The smallest absolute Gasteiger partial charge is 0.325 e. The van der Waals surface area contributed by atoms with Crippen molar-refractivity contribution in [3.63, 3.8) is 0 Å². The van der Waals surface area contributed by atoms with Crippen LogP contribution in [0, 0.1) is 5.82 Å². The Morgan fingerprint density at radius 3 is 2.59 bits per heavy atom. The van der Waals surface area contributed by atoms with E-state index in [2.05, 4.69) is 10.3 Å². The number of guanidine groups is 1. The van der Waals surface area contributed by atoms with Gasteiger partial charge in [-0.3, -0.25) is 19.8 Å². The third-order valence-electron chi connectivity index (χ3n) is 5.10. The number of carbonyl (C=O) groups excluding carboxylic acids is 1. The van der Waals surface area contributed by atoms with E-state index in [9.17, 15) is 19.1 Å². The zero-order chi connectivity index (χ0) is 19.8. The fourth-order valence-corrected chi connectivity index (χ4v) is 3.61. The Hall–Kier alpha value is -2.68. The number of hydrogen-bond acceptors (Lipinski definition) is 6. The predicted octanol–water partition coefficient (Wildman–Crippen LogP) is 0.842. The molecule has 27 heavy (non-hydrogen) atoms. The Morgan fingerprint density at radius 2 is 2.07 bits per heavy atom. The lowest BCUT2D eigenvalue weighted by Crippen LogP contribution is -2.51. The first-order chi connectivity index (χ1) is 12.8. The summed E-state index contributed by atoms with van der Waals surface area (Å²) in [7, 11) is 5.01. The Balaban J connectivity index is 1.84. The lowest BCUT2D eigenvalue weighted by molar-refractivity contribution is -0.144. The van der Waals surface area contributed by atoms with Crippen LogP contribution in [0.5, 0.6) is 5.75 Å². The van der Waals surface area contributed by atoms with Crippen molar-refractivity contribution < 1.29 is 23.8 Å². The van der Waals surface area contributed by atoms with E-state index in [0.29, 0.717) is 37.6 Å². The van der Waals surface area contributed by atoms with Gasteiger partial charge in [-0.25, -0.2) is 9.38 Å². The molecule has 1 unspecified atom stereocenters. The van der Waals surface area contributed by atoms with Crippen LogP contribution in [0.2, 0.25) is 0 Å². The number of amides is 1. The molecule has 1 spiro atoms. The number of halogens is 1. The molecule has 0 aliphatic carbocycles. The molecule has 1 aromatic rings. The minimum absolute atomic E-state index is 0.166. The summed E-state index contributed by atoms with van der Waals surface area (Å²) in [5, 5.41) is 12.6. The van der Waals surface area contributed by atoms with E-state index in [1.165, 1.54) is 25.3 Å². The molecule has 0 aromatic heterocycles. The Kier molecular flexibility index (Phi) is 5.05. The number of carboxylic acid groups (broad SMARTS) is 1. The number of methoxy groups -OCH3 is 1.